The molecule has 0 amide bonds. The van der Waals surface area contributed by atoms with Crippen molar-refractivity contribution in [1.29, 1.82) is 5.41 Å². The van der Waals surface area contributed by atoms with Crippen LogP contribution in [0.3, 0.4) is 0 Å². The predicted octanol–water partition coefficient (Wildman–Crippen LogP) is 2.64. The van der Waals surface area contributed by atoms with Gasteiger partial charge in [0.1, 0.15) is 23.7 Å². The fourth-order valence-electron chi connectivity index (χ4n) is 3.49. The second-order valence-electron chi connectivity index (χ2n) is 7.05. The highest BCUT2D eigenvalue weighted by atomic mass is 16.5. The molecule has 2 aromatic heterocycles. The fourth-order valence-corrected chi connectivity index (χ4v) is 3.49. The van der Waals surface area contributed by atoms with E-state index in [0.717, 1.165) is 31.5 Å². The first-order chi connectivity index (χ1) is 13.6. The summed E-state index contributed by atoms with van der Waals surface area (Å²) in [5.41, 5.74) is 7.98. The largest absolute Gasteiger partial charge is 0.383 e. The number of nitrogens with zero attached hydrogens (tertiary/aromatic N) is 4. The number of anilines is 2. The minimum atomic E-state index is 0.135. The van der Waals surface area contributed by atoms with Crippen molar-refractivity contribution in [2.45, 2.75) is 18.9 Å². The maximum Gasteiger partial charge on any atom is 0.167 e. The van der Waals surface area contributed by atoms with Crippen LogP contribution in [0.5, 0.6) is 0 Å². The highest BCUT2D eigenvalue weighted by molar-refractivity contribution is 6.15. The molecule has 0 radical (unpaired) electrons. The number of likely N-dealkylation sites (tertiary alicyclic amines) is 1. The summed E-state index contributed by atoms with van der Waals surface area (Å²) in [6.07, 6.45) is 3.58. The lowest BCUT2D eigenvalue weighted by Gasteiger charge is -2.31. The molecule has 3 heterocycles. The van der Waals surface area contributed by atoms with Crippen LogP contribution in [0.2, 0.25) is 0 Å². The number of hydrogen-bond acceptors (Lipinski definition) is 8. The third-order valence-corrected chi connectivity index (χ3v) is 4.92. The molecule has 0 saturated carbocycles. The molecule has 1 aliphatic heterocycles. The summed E-state index contributed by atoms with van der Waals surface area (Å²) < 4.78 is 5.44. The lowest BCUT2D eigenvalue weighted by molar-refractivity contribution is 0.260. The van der Waals surface area contributed by atoms with Gasteiger partial charge in [-0.3, -0.25) is 5.41 Å². The van der Waals surface area contributed by atoms with Gasteiger partial charge in [-0.2, -0.15) is 0 Å². The van der Waals surface area contributed by atoms with E-state index in [4.69, 9.17) is 15.7 Å². The van der Waals surface area contributed by atoms with E-state index in [9.17, 15) is 0 Å². The van der Waals surface area contributed by atoms with E-state index in [1.807, 2.05) is 30.3 Å². The number of piperidine rings is 1. The van der Waals surface area contributed by atoms with E-state index in [-0.39, 0.29) is 17.6 Å². The number of benzene rings is 1. The van der Waals surface area contributed by atoms with E-state index in [1.54, 1.807) is 6.07 Å². The number of nitrogens with one attached hydrogen (secondary N) is 2. The van der Waals surface area contributed by atoms with Crippen molar-refractivity contribution in [2.75, 3.05) is 31.2 Å². The summed E-state index contributed by atoms with van der Waals surface area (Å²) >= 11 is 0. The monoisotopic (exact) mass is 377 g/mol. The first kappa shape index (κ1) is 18.1. The molecule has 1 saturated heterocycles. The standard InChI is InChI=1S/C20H23N7O/c1-27-9-5-8-14(11-27)25-20-17(19(22)23-12-24-20)18(21)15-10-16(28-26-15)13-6-3-2-4-7-13/h2-4,6-7,10,12,14,21H,5,8-9,11H2,1H3,(H3,22,23,24,25). The van der Waals surface area contributed by atoms with Crippen molar-refractivity contribution in [3.8, 4) is 11.3 Å². The predicted molar refractivity (Wildman–Crippen MR) is 108 cm³/mol. The lowest BCUT2D eigenvalue weighted by Crippen LogP contribution is -2.40. The fraction of sp³-hybridized carbons (Fsp3) is 0.300. The van der Waals surface area contributed by atoms with Crippen molar-refractivity contribution in [3.63, 3.8) is 0 Å². The van der Waals surface area contributed by atoms with E-state index in [1.165, 1.54) is 6.33 Å². The van der Waals surface area contributed by atoms with Crippen LogP contribution in [0.25, 0.3) is 11.3 Å². The van der Waals surface area contributed by atoms with Gasteiger partial charge in [-0.05, 0) is 26.4 Å². The first-order valence-electron chi connectivity index (χ1n) is 9.29. The van der Waals surface area contributed by atoms with E-state index < -0.39 is 0 Å². The first-order valence-corrected chi connectivity index (χ1v) is 9.29. The highest BCUT2D eigenvalue weighted by Crippen LogP contribution is 2.26. The average molecular weight is 377 g/mol. The van der Waals surface area contributed by atoms with Gasteiger partial charge in [0.15, 0.2) is 5.76 Å². The lowest BCUT2D eigenvalue weighted by atomic mass is 10.0. The Balaban J connectivity index is 1.62. The molecule has 8 nitrogen and oxygen atoms in total. The van der Waals surface area contributed by atoms with Crippen LogP contribution in [0.4, 0.5) is 11.6 Å². The summed E-state index contributed by atoms with van der Waals surface area (Å²) in [7, 11) is 2.10. The molecule has 28 heavy (non-hydrogen) atoms. The molecule has 1 aromatic carbocycles. The van der Waals surface area contributed by atoms with Crippen LogP contribution in [0.15, 0.2) is 47.2 Å². The van der Waals surface area contributed by atoms with Crippen molar-refractivity contribution in [2.24, 2.45) is 0 Å². The van der Waals surface area contributed by atoms with Crippen molar-refractivity contribution >= 4 is 17.3 Å². The Morgan fingerprint density at radius 3 is 2.89 bits per heavy atom. The van der Waals surface area contributed by atoms with Gasteiger partial charge in [0.05, 0.1) is 11.3 Å². The second kappa shape index (κ2) is 7.77. The van der Waals surface area contributed by atoms with E-state index in [0.29, 0.717) is 22.8 Å². The molecular weight excluding hydrogens is 354 g/mol. The molecule has 0 aliphatic carbocycles. The SMILES string of the molecule is CN1CCCC(Nc2ncnc(N)c2C(=N)c2cc(-c3ccccc3)on2)C1. The van der Waals surface area contributed by atoms with Gasteiger partial charge in [0.25, 0.3) is 0 Å². The Labute approximate surface area is 163 Å². The topological polar surface area (TPSA) is 117 Å². The Kier molecular flexibility index (Phi) is 5.03. The summed E-state index contributed by atoms with van der Waals surface area (Å²) in [5.74, 6) is 1.40. The van der Waals surface area contributed by atoms with E-state index in [2.05, 4.69) is 32.4 Å². The zero-order valence-electron chi connectivity index (χ0n) is 15.7. The van der Waals surface area contributed by atoms with Crippen molar-refractivity contribution < 1.29 is 4.52 Å². The molecule has 144 valence electrons. The summed E-state index contributed by atoms with van der Waals surface area (Å²) in [4.78, 5) is 10.7. The number of rotatable bonds is 5. The number of likely N-dealkylation sites (N-methyl/N-ethyl adjacent to an activating group) is 1. The van der Waals surface area contributed by atoms with Crippen LogP contribution in [-0.4, -0.2) is 51.9 Å². The van der Waals surface area contributed by atoms with Gasteiger partial charge >= 0.3 is 0 Å². The van der Waals surface area contributed by atoms with Gasteiger partial charge in [0.2, 0.25) is 0 Å². The zero-order valence-corrected chi connectivity index (χ0v) is 15.7. The van der Waals surface area contributed by atoms with Crippen molar-refractivity contribution in [1.82, 2.24) is 20.0 Å². The Bertz CT molecular complexity index is 970. The summed E-state index contributed by atoms with van der Waals surface area (Å²) in [6, 6.07) is 11.6. The average Bonchev–Trinajstić information content (AvgIpc) is 3.19. The molecule has 4 N–H and O–H groups in total. The number of hydrogen-bond donors (Lipinski definition) is 3. The molecule has 3 aromatic rings. The maximum absolute atomic E-state index is 8.65. The van der Waals surface area contributed by atoms with Crippen LogP contribution in [0.1, 0.15) is 24.1 Å². The zero-order chi connectivity index (χ0) is 19.5. The van der Waals surface area contributed by atoms with Gasteiger partial charge in [-0.15, -0.1) is 0 Å². The normalized spacial score (nSPS) is 17.4. The molecule has 0 bridgehead atoms. The molecule has 4 rings (SSSR count). The van der Waals surface area contributed by atoms with Gasteiger partial charge in [0, 0.05) is 24.2 Å². The number of nitrogen functional groups attached to an aromatic ring is 1. The Hall–Kier alpha value is -3.26. The van der Waals surface area contributed by atoms with E-state index >= 15 is 0 Å². The minimum Gasteiger partial charge on any atom is -0.383 e. The van der Waals surface area contributed by atoms with Crippen LogP contribution >= 0.6 is 0 Å². The summed E-state index contributed by atoms with van der Waals surface area (Å²) in [6.45, 7) is 2.01. The van der Waals surface area contributed by atoms with Gasteiger partial charge < -0.3 is 20.5 Å². The number of aromatic nitrogens is 3. The smallest absolute Gasteiger partial charge is 0.167 e. The van der Waals surface area contributed by atoms with Crippen LogP contribution in [0, 0.1) is 5.41 Å². The third-order valence-electron chi connectivity index (χ3n) is 4.92. The maximum atomic E-state index is 8.65. The molecular formula is C20H23N7O. The second-order valence-corrected chi connectivity index (χ2v) is 7.05. The Morgan fingerprint density at radius 1 is 1.29 bits per heavy atom. The van der Waals surface area contributed by atoms with Crippen molar-refractivity contribution in [3.05, 3.63) is 54.0 Å². The molecule has 1 aliphatic rings. The molecule has 8 heteroatoms. The van der Waals surface area contributed by atoms with Gasteiger partial charge in [-0.1, -0.05) is 35.5 Å². The van der Waals surface area contributed by atoms with Crippen LogP contribution < -0.4 is 11.1 Å². The van der Waals surface area contributed by atoms with Gasteiger partial charge in [-0.25, -0.2) is 9.97 Å². The highest BCUT2D eigenvalue weighted by Gasteiger charge is 2.23. The minimum absolute atomic E-state index is 0.135. The molecule has 1 fully saturated rings. The third kappa shape index (κ3) is 3.72. The number of nitrogens with two attached hydrogens (primary N) is 1. The molecule has 0 spiro atoms. The van der Waals surface area contributed by atoms with Crippen LogP contribution in [-0.2, 0) is 0 Å². The molecule has 1 atom stereocenters. The molecule has 1 unspecified atom stereocenters. The Morgan fingerprint density at radius 2 is 2.11 bits per heavy atom. The quantitative estimate of drug-likeness (QED) is 0.585. The summed E-state index contributed by atoms with van der Waals surface area (Å²) in [5, 5.41) is 16.2.